The van der Waals surface area contributed by atoms with Gasteiger partial charge in [-0.3, -0.25) is 14.8 Å². The van der Waals surface area contributed by atoms with Crippen LogP contribution in [0.2, 0.25) is 0 Å². The van der Waals surface area contributed by atoms with E-state index in [0.717, 1.165) is 23.4 Å². The van der Waals surface area contributed by atoms with Gasteiger partial charge in [0.05, 0.1) is 17.9 Å². The lowest BCUT2D eigenvalue weighted by molar-refractivity contribution is -0.119. The van der Waals surface area contributed by atoms with E-state index in [1.807, 2.05) is 39.2 Å². The number of benzene rings is 1. The molecule has 2 aromatic rings. The van der Waals surface area contributed by atoms with Gasteiger partial charge in [0.2, 0.25) is 5.91 Å². The molecule has 1 aromatic heterocycles. The second-order valence-electron chi connectivity index (χ2n) is 6.69. The van der Waals surface area contributed by atoms with Crippen LogP contribution < -0.4 is 15.1 Å². The van der Waals surface area contributed by atoms with E-state index in [-0.39, 0.29) is 23.8 Å². The Morgan fingerprint density at radius 3 is 2.80 bits per heavy atom. The standard InChI is InChI=1S/C18H24FN5O/c1-12(15-6-5-13(19)9-17(15)22(2)3)21-16-7-8-24(18(16)25)14-10-20-23(4)11-14/h5-6,9-12,16,21H,7-8H2,1-4H3. The van der Waals surface area contributed by atoms with Crippen LogP contribution in [0.4, 0.5) is 15.8 Å². The minimum absolute atomic E-state index is 0.0494. The monoisotopic (exact) mass is 345 g/mol. The summed E-state index contributed by atoms with van der Waals surface area (Å²) in [6.45, 7) is 2.67. The van der Waals surface area contributed by atoms with E-state index in [0.29, 0.717) is 6.54 Å². The number of amides is 1. The van der Waals surface area contributed by atoms with Crippen LogP contribution in [0.3, 0.4) is 0 Å². The summed E-state index contributed by atoms with van der Waals surface area (Å²) in [6, 6.07) is 4.43. The van der Waals surface area contributed by atoms with Crippen molar-refractivity contribution in [2.24, 2.45) is 7.05 Å². The Hall–Kier alpha value is -2.41. The Labute approximate surface area is 147 Å². The van der Waals surface area contributed by atoms with Crippen LogP contribution in [-0.4, -0.2) is 42.4 Å². The van der Waals surface area contributed by atoms with Crippen molar-refractivity contribution in [3.63, 3.8) is 0 Å². The summed E-state index contributed by atoms with van der Waals surface area (Å²) in [7, 11) is 5.60. The number of aromatic nitrogens is 2. The van der Waals surface area contributed by atoms with Gasteiger partial charge in [-0.05, 0) is 31.0 Å². The van der Waals surface area contributed by atoms with Gasteiger partial charge in [-0.15, -0.1) is 0 Å². The molecule has 0 spiro atoms. The van der Waals surface area contributed by atoms with E-state index in [1.165, 1.54) is 12.1 Å². The van der Waals surface area contributed by atoms with E-state index in [4.69, 9.17) is 0 Å². The van der Waals surface area contributed by atoms with Crippen LogP contribution in [0.15, 0.2) is 30.6 Å². The molecular formula is C18H24FN5O. The molecular weight excluding hydrogens is 321 g/mol. The van der Waals surface area contributed by atoms with Crippen molar-refractivity contribution in [3.8, 4) is 0 Å². The third-order valence-corrected chi connectivity index (χ3v) is 4.60. The van der Waals surface area contributed by atoms with Crippen LogP contribution >= 0.6 is 0 Å². The van der Waals surface area contributed by atoms with E-state index in [1.54, 1.807) is 21.8 Å². The van der Waals surface area contributed by atoms with E-state index in [9.17, 15) is 9.18 Å². The summed E-state index contributed by atoms with van der Waals surface area (Å²) >= 11 is 0. The number of hydrogen-bond donors (Lipinski definition) is 1. The quantitative estimate of drug-likeness (QED) is 0.901. The number of carbonyl (C=O) groups is 1. The molecule has 3 rings (SSSR count). The highest BCUT2D eigenvalue weighted by Crippen LogP contribution is 2.28. The molecule has 0 aliphatic carbocycles. The molecule has 134 valence electrons. The SMILES string of the molecule is CC(NC1CCN(c2cnn(C)c2)C1=O)c1ccc(F)cc1N(C)C. The second kappa shape index (κ2) is 6.84. The van der Waals surface area contributed by atoms with Gasteiger partial charge in [0.1, 0.15) is 5.82 Å². The van der Waals surface area contributed by atoms with Crippen LogP contribution in [0.1, 0.15) is 24.9 Å². The van der Waals surface area contributed by atoms with E-state index in [2.05, 4.69) is 10.4 Å². The van der Waals surface area contributed by atoms with Crippen LogP contribution in [0, 0.1) is 5.82 Å². The van der Waals surface area contributed by atoms with Crippen LogP contribution in [-0.2, 0) is 11.8 Å². The van der Waals surface area contributed by atoms with Crippen LogP contribution in [0.25, 0.3) is 0 Å². The number of nitrogens with zero attached hydrogens (tertiary/aromatic N) is 4. The molecule has 1 aliphatic rings. The molecule has 0 saturated carbocycles. The van der Waals surface area contributed by atoms with Gasteiger partial charge in [-0.25, -0.2) is 4.39 Å². The molecule has 0 bridgehead atoms. The molecule has 2 heterocycles. The molecule has 2 atom stereocenters. The Balaban J connectivity index is 1.74. The minimum Gasteiger partial charge on any atom is -0.377 e. The number of rotatable bonds is 5. The highest BCUT2D eigenvalue weighted by molar-refractivity contribution is 5.99. The molecule has 0 radical (unpaired) electrons. The maximum atomic E-state index is 13.6. The van der Waals surface area contributed by atoms with Crippen molar-refractivity contribution in [2.75, 3.05) is 30.4 Å². The summed E-state index contributed by atoms with van der Waals surface area (Å²) in [6.07, 6.45) is 4.28. The molecule has 1 fully saturated rings. The van der Waals surface area contributed by atoms with Crippen molar-refractivity contribution in [1.82, 2.24) is 15.1 Å². The average Bonchev–Trinajstić information content (AvgIpc) is 3.13. The first kappa shape index (κ1) is 17.4. The number of nitrogens with one attached hydrogen (secondary N) is 1. The molecule has 2 unspecified atom stereocenters. The van der Waals surface area contributed by atoms with E-state index < -0.39 is 0 Å². The third-order valence-electron chi connectivity index (χ3n) is 4.60. The lowest BCUT2D eigenvalue weighted by Crippen LogP contribution is -2.39. The number of hydrogen-bond acceptors (Lipinski definition) is 4. The van der Waals surface area contributed by atoms with Crippen molar-refractivity contribution < 1.29 is 9.18 Å². The number of halogens is 1. The fourth-order valence-corrected chi connectivity index (χ4v) is 3.30. The molecule has 1 amide bonds. The summed E-state index contributed by atoms with van der Waals surface area (Å²) < 4.78 is 15.3. The first-order valence-corrected chi connectivity index (χ1v) is 8.39. The molecule has 1 N–H and O–H groups in total. The molecule has 7 heteroatoms. The summed E-state index contributed by atoms with van der Waals surface area (Å²) in [5, 5.41) is 7.53. The predicted molar refractivity (Wildman–Crippen MR) is 96.2 cm³/mol. The Bertz CT molecular complexity index is 773. The van der Waals surface area contributed by atoms with E-state index >= 15 is 0 Å². The van der Waals surface area contributed by atoms with Gasteiger partial charge in [0.25, 0.3) is 0 Å². The molecule has 1 aromatic carbocycles. The topological polar surface area (TPSA) is 53.4 Å². The highest BCUT2D eigenvalue weighted by atomic mass is 19.1. The Kier molecular flexibility index (Phi) is 4.76. The number of aryl methyl sites for hydroxylation is 1. The lowest BCUT2D eigenvalue weighted by atomic mass is 10.0. The zero-order valence-corrected chi connectivity index (χ0v) is 15.0. The number of anilines is 2. The maximum absolute atomic E-state index is 13.6. The largest absolute Gasteiger partial charge is 0.377 e. The van der Waals surface area contributed by atoms with Gasteiger partial charge in [0, 0.05) is 45.6 Å². The first-order chi connectivity index (χ1) is 11.9. The number of carbonyl (C=O) groups excluding carboxylic acids is 1. The smallest absolute Gasteiger partial charge is 0.244 e. The summed E-state index contributed by atoms with van der Waals surface area (Å²) in [4.78, 5) is 16.4. The molecule has 1 saturated heterocycles. The predicted octanol–water partition coefficient (Wildman–Crippen LogP) is 2.08. The van der Waals surface area contributed by atoms with Gasteiger partial charge in [-0.1, -0.05) is 6.07 Å². The molecule has 25 heavy (non-hydrogen) atoms. The normalized spacial score (nSPS) is 18.7. The van der Waals surface area contributed by atoms with Gasteiger partial charge in [0.15, 0.2) is 0 Å². The zero-order chi connectivity index (χ0) is 18.1. The van der Waals surface area contributed by atoms with Crippen molar-refractivity contribution >= 4 is 17.3 Å². The average molecular weight is 345 g/mol. The summed E-state index contributed by atoms with van der Waals surface area (Å²) in [5.41, 5.74) is 2.61. The van der Waals surface area contributed by atoms with Crippen molar-refractivity contribution in [2.45, 2.75) is 25.4 Å². The zero-order valence-electron chi connectivity index (χ0n) is 15.0. The third kappa shape index (κ3) is 3.51. The van der Waals surface area contributed by atoms with Crippen molar-refractivity contribution in [1.29, 1.82) is 0 Å². The fraction of sp³-hybridized carbons (Fsp3) is 0.444. The lowest BCUT2D eigenvalue weighted by Gasteiger charge is -2.24. The Morgan fingerprint density at radius 2 is 2.16 bits per heavy atom. The minimum atomic E-state index is -0.264. The van der Waals surface area contributed by atoms with Crippen molar-refractivity contribution in [3.05, 3.63) is 42.0 Å². The fourth-order valence-electron chi connectivity index (χ4n) is 3.30. The maximum Gasteiger partial charge on any atom is 0.244 e. The first-order valence-electron chi connectivity index (χ1n) is 8.39. The van der Waals surface area contributed by atoms with Gasteiger partial charge >= 0.3 is 0 Å². The van der Waals surface area contributed by atoms with Gasteiger partial charge in [-0.2, -0.15) is 5.10 Å². The molecule has 6 nitrogen and oxygen atoms in total. The Morgan fingerprint density at radius 1 is 1.40 bits per heavy atom. The summed E-state index contributed by atoms with van der Waals surface area (Å²) in [5.74, 6) is -0.215. The molecule has 1 aliphatic heterocycles. The van der Waals surface area contributed by atoms with Crippen LogP contribution in [0.5, 0.6) is 0 Å². The van der Waals surface area contributed by atoms with Gasteiger partial charge < -0.3 is 9.80 Å². The second-order valence-corrected chi connectivity index (χ2v) is 6.69. The highest BCUT2D eigenvalue weighted by Gasteiger charge is 2.34.